The molecule has 0 saturated carbocycles. The predicted octanol–water partition coefficient (Wildman–Crippen LogP) is 4.69. The third-order valence-electron chi connectivity index (χ3n) is 3.59. The van der Waals surface area contributed by atoms with E-state index in [0.717, 1.165) is 15.6 Å². The van der Waals surface area contributed by atoms with Crippen molar-refractivity contribution in [3.05, 3.63) is 75.5 Å². The minimum Gasteiger partial charge on any atom is -0.507 e. The number of aromatic nitrogens is 3. The van der Waals surface area contributed by atoms with Gasteiger partial charge in [-0.2, -0.15) is 14.9 Å². The van der Waals surface area contributed by atoms with Gasteiger partial charge in [0.1, 0.15) is 5.75 Å². The summed E-state index contributed by atoms with van der Waals surface area (Å²) in [5.74, 6) is 0.763. The fourth-order valence-electron chi connectivity index (χ4n) is 2.37. The molecule has 0 fully saturated rings. The third kappa shape index (κ3) is 3.62. The second kappa shape index (κ2) is 7.58. The highest BCUT2D eigenvalue weighted by molar-refractivity contribution is 9.10. The van der Waals surface area contributed by atoms with E-state index in [-0.39, 0.29) is 5.75 Å². The molecule has 0 bridgehead atoms. The highest BCUT2D eigenvalue weighted by Gasteiger charge is 2.11. The van der Waals surface area contributed by atoms with Gasteiger partial charge >= 0.3 is 0 Å². The zero-order chi connectivity index (χ0) is 17.8. The molecule has 2 N–H and O–H groups in total. The molecule has 0 saturated heterocycles. The summed E-state index contributed by atoms with van der Waals surface area (Å²) in [5.41, 5.74) is 2.25. The number of phenolic OH excluding ortho intramolecular Hbond substituents is 1. The van der Waals surface area contributed by atoms with Crippen molar-refractivity contribution in [2.75, 3.05) is 0 Å². The number of halogens is 1. The molecule has 1 heterocycles. The lowest BCUT2D eigenvalue weighted by molar-refractivity contribution is 0.469. The highest BCUT2D eigenvalue weighted by atomic mass is 79.9. The fraction of sp³-hybridized carbons (Fsp3) is 0.0556. The summed E-state index contributed by atoms with van der Waals surface area (Å²) in [6.07, 6.45) is 3.89. The molecule has 0 aliphatic heterocycles. The Morgan fingerprint density at radius 2 is 2.08 bits per heavy atom. The minimum absolute atomic E-state index is 0.184. The standard InChI is InChI=1S/C18H15BrN4OS/c1-2-6-12-7-5-8-13(16(12)24)11-20-23-17(21-22-18(23)25)14-9-3-4-10-15(14)19/h2-5,7-11,24H,1,6H2,(H,22,25)/b20-11+. The first-order chi connectivity index (χ1) is 12.1. The first-order valence-electron chi connectivity index (χ1n) is 7.50. The molecule has 0 radical (unpaired) electrons. The largest absolute Gasteiger partial charge is 0.507 e. The van der Waals surface area contributed by atoms with Gasteiger partial charge in [-0.25, -0.2) is 5.10 Å². The number of rotatable bonds is 5. The second-order valence-corrected chi connectivity index (χ2v) is 6.48. The zero-order valence-corrected chi connectivity index (χ0v) is 15.6. The summed E-state index contributed by atoms with van der Waals surface area (Å²) < 4.78 is 2.77. The van der Waals surface area contributed by atoms with E-state index in [9.17, 15) is 5.11 Å². The van der Waals surface area contributed by atoms with Gasteiger partial charge in [0, 0.05) is 15.6 Å². The van der Waals surface area contributed by atoms with Crippen LogP contribution in [0.2, 0.25) is 0 Å². The van der Waals surface area contributed by atoms with Crippen molar-refractivity contribution in [3.63, 3.8) is 0 Å². The maximum absolute atomic E-state index is 10.3. The molecule has 5 nitrogen and oxygen atoms in total. The van der Waals surface area contributed by atoms with Gasteiger partial charge in [-0.1, -0.05) is 46.3 Å². The van der Waals surface area contributed by atoms with Crippen molar-refractivity contribution in [3.8, 4) is 17.1 Å². The van der Waals surface area contributed by atoms with E-state index in [2.05, 4.69) is 37.8 Å². The predicted molar refractivity (Wildman–Crippen MR) is 106 cm³/mol. The van der Waals surface area contributed by atoms with Gasteiger partial charge in [0.15, 0.2) is 5.82 Å². The lowest BCUT2D eigenvalue weighted by Gasteiger charge is -2.05. The lowest BCUT2D eigenvalue weighted by Crippen LogP contribution is -1.96. The number of nitrogens with one attached hydrogen (secondary N) is 1. The number of hydrogen-bond acceptors (Lipinski definition) is 4. The molecular formula is C18H15BrN4OS. The van der Waals surface area contributed by atoms with Gasteiger partial charge in [0.2, 0.25) is 4.77 Å². The molecular weight excluding hydrogens is 400 g/mol. The summed E-state index contributed by atoms with van der Waals surface area (Å²) in [7, 11) is 0. The molecule has 0 spiro atoms. The number of aromatic amines is 1. The van der Waals surface area contributed by atoms with Crippen LogP contribution in [0.1, 0.15) is 11.1 Å². The van der Waals surface area contributed by atoms with E-state index in [0.29, 0.717) is 22.6 Å². The molecule has 1 aromatic heterocycles. The second-order valence-electron chi connectivity index (χ2n) is 5.24. The van der Waals surface area contributed by atoms with Gasteiger partial charge in [0.05, 0.1) is 6.21 Å². The number of H-pyrrole nitrogens is 1. The van der Waals surface area contributed by atoms with Crippen molar-refractivity contribution in [1.82, 2.24) is 14.9 Å². The molecule has 0 amide bonds. The quantitative estimate of drug-likeness (QED) is 0.361. The van der Waals surface area contributed by atoms with Crippen LogP contribution in [0, 0.1) is 4.77 Å². The number of nitrogens with zero attached hydrogens (tertiary/aromatic N) is 3. The third-order valence-corrected chi connectivity index (χ3v) is 4.55. The Morgan fingerprint density at radius 1 is 1.28 bits per heavy atom. The molecule has 7 heteroatoms. The number of allylic oxidation sites excluding steroid dienone is 1. The van der Waals surface area contributed by atoms with Crippen LogP contribution in [0.25, 0.3) is 11.4 Å². The van der Waals surface area contributed by atoms with Crippen LogP contribution in [0.3, 0.4) is 0 Å². The van der Waals surface area contributed by atoms with Crippen LogP contribution in [0.5, 0.6) is 5.75 Å². The minimum atomic E-state index is 0.184. The first kappa shape index (κ1) is 17.3. The van der Waals surface area contributed by atoms with Crippen molar-refractivity contribution >= 4 is 34.4 Å². The normalized spacial score (nSPS) is 11.1. The first-order valence-corrected chi connectivity index (χ1v) is 8.70. The zero-order valence-electron chi connectivity index (χ0n) is 13.2. The van der Waals surface area contributed by atoms with Crippen molar-refractivity contribution < 1.29 is 5.11 Å². The topological polar surface area (TPSA) is 66.2 Å². The Labute approximate surface area is 158 Å². The molecule has 3 aromatic rings. The maximum atomic E-state index is 10.3. The average molecular weight is 415 g/mol. The van der Waals surface area contributed by atoms with E-state index in [1.165, 1.54) is 4.68 Å². The summed E-state index contributed by atoms with van der Waals surface area (Å²) in [6, 6.07) is 13.2. The SMILES string of the molecule is C=CCc1cccc(/C=N/n2c(-c3ccccc3Br)n[nH]c2=S)c1O. The number of phenols is 1. The Balaban J connectivity index is 2.03. The summed E-state index contributed by atoms with van der Waals surface area (Å²) in [6.45, 7) is 3.70. The van der Waals surface area contributed by atoms with E-state index < -0.39 is 0 Å². The van der Waals surface area contributed by atoms with Gasteiger partial charge in [-0.15, -0.1) is 6.58 Å². The van der Waals surface area contributed by atoms with Crippen LogP contribution >= 0.6 is 28.1 Å². The van der Waals surface area contributed by atoms with Crippen LogP contribution in [-0.4, -0.2) is 26.2 Å². The maximum Gasteiger partial charge on any atom is 0.216 e. The van der Waals surface area contributed by atoms with Crippen LogP contribution in [0.4, 0.5) is 0 Å². The molecule has 2 aromatic carbocycles. The van der Waals surface area contributed by atoms with Gasteiger partial charge in [-0.05, 0) is 42.4 Å². The highest BCUT2D eigenvalue weighted by Crippen LogP contribution is 2.27. The van der Waals surface area contributed by atoms with Crippen LogP contribution in [0.15, 0.2) is 64.7 Å². The smallest absolute Gasteiger partial charge is 0.216 e. The molecule has 25 heavy (non-hydrogen) atoms. The van der Waals surface area contributed by atoms with Crippen molar-refractivity contribution in [1.29, 1.82) is 0 Å². The molecule has 0 aliphatic carbocycles. The van der Waals surface area contributed by atoms with E-state index in [1.54, 1.807) is 18.4 Å². The monoisotopic (exact) mass is 414 g/mol. The molecule has 0 unspecified atom stereocenters. The molecule has 0 aliphatic rings. The summed E-state index contributed by atoms with van der Waals surface area (Å²) in [4.78, 5) is 0. The van der Waals surface area contributed by atoms with Crippen molar-refractivity contribution in [2.45, 2.75) is 6.42 Å². The summed E-state index contributed by atoms with van der Waals surface area (Å²) >= 11 is 8.78. The number of benzene rings is 2. The van der Waals surface area contributed by atoms with E-state index in [4.69, 9.17) is 12.2 Å². The number of para-hydroxylation sites is 1. The van der Waals surface area contributed by atoms with Crippen LogP contribution in [-0.2, 0) is 6.42 Å². The van der Waals surface area contributed by atoms with E-state index >= 15 is 0 Å². The number of hydrogen-bond donors (Lipinski definition) is 2. The van der Waals surface area contributed by atoms with Crippen molar-refractivity contribution in [2.24, 2.45) is 5.10 Å². The average Bonchev–Trinajstić information content (AvgIpc) is 2.97. The Kier molecular flexibility index (Phi) is 5.25. The fourth-order valence-corrected chi connectivity index (χ4v) is 3.01. The molecule has 0 atom stereocenters. The number of aromatic hydroxyl groups is 1. The van der Waals surface area contributed by atoms with Gasteiger partial charge < -0.3 is 5.11 Å². The Morgan fingerprint density at radius 3 is 2.84 bits per heavy atom. The Bertz CT molecular complexity index is 1010. The lowest BCUT2D eigenvalue weighted by atomic mass is 10.1. The molecule has 126 valence electrons. The summed E-state index contributed by atoms with van der Waals surface area (Å²) in [5, 5.41) is 21.8. The Hall–Kier alpha value is -2.51. The van der Waals surface area contributed by atoms with Gasteiger partial charge in [-0.3, -0.25) is 0 Å². The molecule has 3 rings (SSSR count). The van der Waals surface area contributed by atoms with Crippen LogP contribution < -0.4 is 0 Å². The van der Waals surface area contributed by atoms with Gasteiger partial charge in [0.25, 0.3) is 0 Å². The van der Waals surface area contributed by atoms with E-state index in [1.807, 2.05) is 36.4 Å².